The Hall–Kier alpha value is -2.38. The number of benzene rings is 3. The molecule has 3 aromatic carbocycles. The largest absolute Gasteiger partial charge is 4.00 e. The molecule has 0 heterocycles. The smallest absolute Gasteiger partial charge is 0.678 e. The van der Waals surface area contributed by atoms with Gasteiger partial charge in [0.1, 0.15) is 0 Å². The first-order valence-electron chi connectivity index (χ1n) is 10.1. The van der Waals surface area contributed by atoms with Gasteiger partial charge >= 0.3 is 19.5 Å². The van der Waals surface area contributed by atoms with E-state index >= 15 is 0 Å². The second-order valence-corrected chi connectivity index (χ2v) is 7.43. The minimum absolute atomic E-state index is 0. The maximum atomic E-state index is 4.85. The molecule has 32 heavy (non-hydrogen) atoms. The van der Waals surface area contributed by atoms with Crippen molar-refractivity contribution in [3.63, 3.8) is 0 Å². The van der Waals surface area contributed by atoms with E-state index in [1.807, 2.05) is 43.3 Å². The predicted octanol–water partition coefficient (Wildman–Crippen LogP) is 9.51. The minimum Gasteiger partial charge on any atom is -0.678 e. The average Bonchev–Trinajstić information content (AvgIpc) is 2.70. The zero-order chi connectivity index (χ0) is 21.2. The van der Waals surface area contributed by atoms with Crippen LogP contribution in [0.2, 0.25) is 0 Å². The Labute approximate surface area is 210 Å². The van der Waals surface area contributed by atoms with E-state index in [-0.39, 0.29) is 40.4 Å². The number of nitrogens with zero attached hydrogens (tertiary/aromatic N) is 2. The van der Waals surface area contributed by atoms with Crippen LogP contribution in [0.1, 0.15) is 36.1 Å². The van der Waals surface area contributed by atoms with Crippen molar-refractivity contribution in [2.75, 3.05) is 0 Å². The Kier molecular flexibility index (Phi) is 16.2. The first-order valence-corrected chi connectivity index (χ1v) is 10.1. The van der Waals surface area contributed by atoms with Gasteiger partial charge in [-0.1, -0.05) is 109 Å². The van der Waals surface area contributed by atoms with E-state index < -0.39 is 0 Å². The Morgan fingerprint density at radius 2 is 1.00 bits per heavy atom. The van der Waals surface area contributed by atoms with Crippen LogP contribution in [0.3, 0.4) is 0 Å². The third-order valence-electron chi connectivity index (χ3n) is 4.65. The van der Waals surface area contributed by atoms with Crippen LogP contribution in [-0.4, -0.2) is 6.04 Å². The van der Waals surface area contributed by atoms with Gasteiger partial charge in [0.25, 0.3) is 0 Å². The number of aryl methyl sites for hydroxylation is 4. The van der Waals surface area contributed by atoms with Gasteiger partial charge in [0.15, 0.2) is 0 Å². The van der Waals surface area contributed by atoms with E-state index in [9.17, 15) is 0 Å². The standard InChI is InChI=1S/C21H26N2.C6H6.2CH3.Ru/c1-14-9-7-10-15(2)20(14)22-18(5)13-19(6)23-21-16(3)11-8-12-17(21)4;1-2-4-6-5-3-1;;;/h7-13,18H,1-6H3;1-6H;2*1H3;/q-2;;2*-1;+4. The monoisotopic (exact) mass is 516 g/mol. The normalized spacial score (nSPS) is 10.8. The Morgan fingerprint density at radius 3 is 1.38 bits per heavy atom. The first kappa shape index (κ1) is 31.8. The van der Waals surface area contributed by atoms with Gasteiger partial charge in [-0.2, -0.15) is 5.70 Å². The molecule has 2 nitrogen and oxygen atoms in total. The van der Waals surface area contributed by atoms with Gasteiger partial charge in [0, 0.05) is 0 Å². The van der Waals surface area contributed by atoms with Crippen LogP contribution in [-0.2, 0) is 19.5 Å². The molecule has 0 saturated heterocycles. The van der Waals surface area contributed by atoms with Gasteiger partial charge in [-0.15, -0.1) is 23.5 Å². The molecule has 0 aliphatic rings. The summed E-state index contributed by atoms with van der Waals surface area (Å²) in [5.74, 6) is 0. The van der Waals surface area contributed by atoms with E-state index in [0.29, 0.717) is 0 Å². The Morgan fingerprint density at radius 1 is 0.656 bits per heavy atom. The van der Waals surface area contributed by atoms with Crippen molar-refractivity contribution in [1.82, 2.24) is 0 Å². The molecule has 172 valence electrons. The fourth-order valence-corrected chi connectivity index (χ4v) is 3.18. The van der Waals surface area contributed by atoms with Crippen molar-refractivity contribution in [2.24, 2.45) is 0 Å². The molecule has 0 aliphatic heterocycles. The SMILES string of the molecule is CC(=CC(C)[N-]c1c(C)cccc1C)[N-]c1c(C)cccc1C.[CH3-].[CH3-].[Ru+4].c1ccccc1. The summed E-state index contributed by atoms with van der Waals surface area (Å²) in [6.45, 7) is 12.6. The number of allylic oxidation sites excluding steroid dienone is 1. The molecular weight excluding hydrogens is 477 g/mol. The average molecular weight is 516 g/mol. The van der Waals surface area contributed by atoms with E-state index in [0.717, 1.165) is 17.1 Å². The third kappa shape index (κ3) is 10.3. The number of hydrogen-bond donors (Lipinski definition) is 0. The van der Waals surface area contributed by atoms with Crippen LogP contribution >= 0.6 is 0 Å². The predicted molar refractivity (Wildman–Crippen MR) is 140 cm³/mol. The molecule has 0 amide bonds. The van der Waals surface area contributed by atoms with E-state index in [2.05, 4.69) is 77.1 Å². The molecule has 0 aliphatic carbocycles. The van der Waals surface area contributed by atoms with Gasteiger partial charge < -0.3 is 25.5 Å². The van der Waals surface area contributed by atoms with Crippen LogP contribution in [0.15, 0.2) is 84.6 Å². The molecule has 1 atom stereocenters. The van der Waals surface area contributed by atoms with Gasteiger partial charge in [0.2, 0.25) is 0 Å². The fraction of sp³-hybridized carbons (Fsp3) is 0.241. The molecule has 0 saturated carbocycles. The molecule has 0 bridgehead atoms. The van der Waals surface area contributed by atoms with Gasteiger partial charge in [-0.25, -0.2) is 0 Å². The molecule has 0 fully saturated rings. The zero-order valence-electron chi connectivity index (χ0n) is 20.8. The summed E-state index contributed by atoms with van der Waals surface area (Å²) >= 11 is 0. The second kappa shape index (κ2) is 16.3. The number of rotatable bonds is 5. The summed E-state index contributed by atoms with van der Waals surface area (Å²) in [5.41, 5.74) is 8.01. The van der Waals surface area contributed by atoms with Crippen molar-refractivity contribution in [3.8, 4) is 0 Å². The summed E-state index contributed by atoms with van der Waals surface area (Å²) in [6.07, 6.45) is 2.12. The van der Waals surface area contributed by atoms with Crippen molar-refractivity contribution in [3.05, 3.63) is 132 Å². The van der Waals surface area contributed by atoms with Crippen molar-refractivity contribution in [1.29, 1.82) is 0 Å². The van der Waals surface area contributed by atoms with Crippen LogP contribution < -0.4 is 0 Å². The molecule has 3 heteroatoms. The third-order valence-corrected chi connectivity index (χ3v) is 4.65. The topological polar surface area (TPSA) is 28.2 Å². The molecule has 0 spiro atoms. The first-order chi connectivity index (χ1) is 13.9. The molecule has 0 radical (unpaired) electrons. The molecular formula is C29H38N2Ru. The summed E-state index contributed by atoms with van der Waals surface area (Å²) in [5, 5.41) is 9.63. The van der Waals surface area contributed by atoms with Crippen LogP contribution in [0.4, 0.5) is 11.4 Å². The van der Waals surface area contributed by atoms with Crippen molar-refractivity contribution in [2.45, 2.75) is 47.6 Å². The molecule has 3 rings (SSSR count). The van der Waals surface area contributed by atoms with Crippen LogP contribution in [0, 0.1) is 42.5 Å². The minimum atomic E-state index is 0. The van der Waals surface area contributed by atoms with Crippen LogP contribution in [0.5, 0.6) is 0 Å². The summed E-state index contributed by atoms with van der Waals surface area (Å²) in [4.78, 5) is 0. The summed E-state index contributed by atoms with van der Waals surface area (Å²) in [7, 11) is 0. The second-order valence-electron chi connectivity index (χ2n) is 7.43. The van der Waals surface area contributed by atoms with Gasteiger partial charge in [0.05, 0.1) is 0 Å². The fourth-order valence-electron chi connectivity index (χ4n) is 3.18. The number of para-hydroxylation sites is 2. The summed E-state index contributed by atoms with van der Waals surface area (Å²) in [6, 6.07) is 24.7. The maximum Gasteiger partial charge on any atom is 4.00 e. The Bertz CT molecular complexity index is 866. The molecule has 0 N–H and O–H groups in total. The van der Waals surface area contributed by atoms with E-state index in [1.54, 1.807) is 0 Å². The zero-order valence-corrected chi connectivity index (χ0v) is 22.6. The van der Waals surface area contributed by atoms with Gasteiger partial charge in [-0.3, -0.25) is 0 Å². The molecule has 1 unspecified atom stereocenters. The summed E-state index contributed by atoms with van der Waals surface area (Å²) < 4.78 is 0. The van der Waals surface area contributed by atoms with Crippen molar-refractivity contribution < 1.29 is 19.5 Å². The Balaban J connectivity index is 0. The molecule has 3 aromatic rings. The quantitative estimate of drug-likeness (QED) is 0.239. The number of hydrogen-bond acceptors (Lipinski definition) is 0. The molecule has 0 aromatic heterocycles. The van der Waals surface area contributed by atoms with Crippen molar-refractivity contribution >= 4 is 11.4 Å². The van der Waals surface area contributed by atoms with Crippen LogP contribution in [0.25, 0.3) is 10.6 Å². The van der Waals surface area contributed by atoms with E-state index in [4.69, 9.17) is 10.6 Å². The van der Waals surface area contributed by atoms with Gasteiger partial charge in [-0.05, 0) is 27.7 Å². The maximum absolute atomic E-state index is 4.85. The van der Waals surface area contributed by atoms with E-state index in [1.165, 1.54) is 22.3 Å².